The summed E-state index contributed by atoms with van der Waals surface area (Å²) in [5.74, 6) is 0. The number of hydrogen-bond donors (Lipinski definition) is 0. The molecule has 0 saturated carbocycles. The Bertz CT molecular complexity index is 2350. The molecule has 0 radical (unpaired) electrons. The van der Waals surface area contributed by atoms with Crippen molar-refractivity contribution in [2.45, 2.75) is 0 Å². The van der Waals surface area contributed by atoms with Crippen LogP contribution in [0.4, 0.5) is 0 Å². The first-order valence-corrected chi connectivity index (χ1v) is 15.4. The summed E-state index contributed by atoms with van der Waals surface area (Å²) in [7, 11) is 0. The summed E-state index contributed by atoms with van der Waals surface area (Å²) in [5.41, 5.74) is 15.0. The van der Waals surface area contributed by atoms with E-state index in [2.05, 4.69) is 145 Å². The number of fused-ring (bicyclic) bond motifs is 11. The maximum atomic E-state index is 4.58. The van der Waals surface area contributed by atoms with Gasteiger partial charge in [-0.3, -0.25) is 0 Å². The molecular weight excluding hydrogens is 539 g/mol. The highest BCUT2D eigenvalue weighted by molar-refractivity contribution is 7.25. The van der Waals surface area contributed by atoms with Crippen LogP contribution >= 0.6 is 11.3 Å². The third-order valence-electron chi connectivity index (χ3n) is 8.74. The van der Waals surface area contributed by atoms with E-state index in [1.165, 1.54) is 82.2 Å². The summed E-state index contributed by atoms with van der Waals surface area (Å²) in [6, 6.07) is 53.4. The van der Waals surface area contributed by atoms with Crippen molar-refractivity contribution in [2.24, 2.45) is 0 Å². The van der Waals surface area contributed by atoms with Crippen LogP contribution in [0.1, 0.15) is 0 Å². The van der Waals surface area contributed by atoms with E-state index in [0.717, 1.165) is 4.83 Å². The van der Waals surface area contributed by atoms with Crippen LogP contribution in [0, 0.1) is 0 Å². The molecule has 8 aromatic rings. The second-order valence-corrected chi connectivity index (χ2v) is 12.2. The van der Waals surface area contributed by atoms with Gasteiger partial charge in [0.1, 0.15) is 4.83 Å². The highest BCUT2D eigenvalue weighted by Crippen LogP contribution is 2.48. The highest BCUT2D eigenvalue weighted by Gasteiger charge is 2.21. The number of thiophene rings is 1. The SMILES string of the molecule is c1cc(-c2ccc3c(c2)-c2ccccc2-c2ccccc2-c2ccccc2-3)cc(-c2ccc3sc4ncccc4c3c2)c1. The minimum Gasteiger partial charge on any atom is -0.245 e. The number of nitrogens with zero attached hydrogens (tertiary/aromatic N) is 1. The van der Waals surface area contributed by atoms with Gasteiger partial charge in [-0.25, -0.2) is 4.98 Å². The summed E-state index contributed by atoms with van der Waals surface area (Å²) < 4.78 is 1.27. The molecule has 0 N–H and O–H groups in total. The lowest BCUT2D eigenvalue weighted by atomic mass is 9.80. The Labute approximate surface area is 254 Å². The third kappa shape index (κ3) is 3.88. The first-order chi connectivity index (χ1) is 21.3. The molecule has 2 aromatic heterocycles. The van der Waals surface area contributed by atoms with Crippen LogP contribution in [0.2, 0.25) is 0 Å². The number of benzene rings is 6. The van der Waals surface area contributed by atoms with Crippen molar-refractivity contribution in [1.82, 2.24) is 4.98 Å². The van der Waals surface area contributed by atoms with Gasteiger partial charge in [0.2, 0.25) is 0 Å². The Kier molecular flexibility index (Phi) is 5.44. The standard InChI is InChI=1S/C41H25NS/c1-2-12-31-30(11-1)32-13-3-4-15-34(32)36-20-18-28(24-38(36)35-16-6-5-14-33(31)35)26-9-7-10-27(23-26)29-19-21-40-39(25-29)37-17-8-22-42-41(37)43-40/h1-25H. The molecule has 43 heavy (non-hydrogen) atoms. The Hall–Kier alpha value is -5.31. The van der Waals surface area contributed by atoms with Crippen LogP contribution in [0.15, 0.2) is 152 Å². The number of rotatable bonds is 2. The molecule has 0 spiro atoms. The lowest BCUT2D eigenvalue weighted by molar-refractivity contribution is 1.45. The number of hydrogen-bond acceptors (Lipinski definition) is 2. The molecule has 6 aromatic carbocycles. The van der Waals surface area contributed by atoms with Crippen LogP contribution in [0.25, 0.3) is 87.1 Å². The molecule has 1 aliphatic carbocycles. The van der Waals surface area contributed by atoms with Gasteiger partial charge in [-0.15, -0.1) is 11.3 Å². The van der Waals surface area contributed by atoms with Gasteiger partial charge in [0.15, 0.2) is 0 Å². The van der Waals surface area contributed by atoms with E-state index in [4.69, 9.17) is 0 Å². The predicted octanol–water partition coefficient (Wildman–Crippen LogP) is 11.8. The lowest BCUT2D eigenvalue weighted by Crippen LogP contribution is -1.97. The summed E-state index contributed by atoms with van der Waals surface area (Å²) in [6.07, 6.45) is 1.88. The van der Waals surface area contributed by atoms with Crippen LogP contribution < -0.4 is 0 Å². The van der Waals surface area contributed by atoms with E-state index >= 15 is 0 Å². The molecule has 2 heterocycles. The molecule has 9 rings (SSSR count). The predicted molar refractivity (Wildman–Crippen MR) is 183 cm³/mol. The molecule has 2 heteroatoms. The van der Waals surface area contributed by atoms with Gasteiger partial charge in [-0.2, -0.15) is 0 Å². The van der Waals surface area contributed by atoms with E-state index in [1.807, 2.05) is 12.3 Å². The largest absolute Gasteiger partial charge is 0.245 e. The number of pyridine rings is 1. The van der Waals surface area contributed by atoms with Crippen molar-refractivity contribution >= 4 is 31.6 Å². The topological polar surface area (TPSA) is 12.9 Å². The van der Waals surface area contributed by atoms with Gasteiger partial charge in [-0.05, 0) is 103 Å². The quantitative estimate of drug-likeness (QED) is 0.204. The first-order valence-electron chi connectivity index (χ1n) is 14.6. The van der Waals surface area contributed by atoms with E-state index in [1.54, 1.807) is 11.3 Å². The van der Waals surface area contributed by atoms with Crippen molar-refractivity contribution < 1.29 is 0 Å². The van der Waals surface area contributed by atoms with E-state index < -0.39 is 0 Å². The molecule has 0 bridgehead atoms. The van der Waals surface area contributed by atoms with Gasteiger partial charge in [0, 0.05) is 21.7 Å². The van der Waals surface area contributed by atoms with Crippen LogP contribution in [-0.2, 0) is 0 Å². The summed E-state index contributed by atoms with van der Waals surface area (Å²) >= 11 is 1.76. The molecule has 0 fully saturated rings. The molecular formula is C41H25NS. The smallest absolute Gasteiger partial charge is 0.124 e. The van der Waals surface area contributed by atoms with Gasteiger partial charge in [0.05, 0.1) is 0 Å². The zero-order chi connectivity index (χ0) is 28.3. The minimum atomic E-state index is 1.09. The van der Waals surface area contributed by atoms with Gasteiger partial charge < -0.3 is 0 Å². The molecule has 0 amide bonds. The summed E-state index contributed by atoms with van der Waals surface area (Å²) in [5, 5.41) is 2.50. The summed E-state index contributed by atoms with van der Waals surface area (Å²) in [4.78, 5) is 5.67. The lowest BCUT2D eigenvalue weighted by Gasteiger charge is -2.23. The third-order valence-corrected chi connectivity index (χ3v) is 9.83. The van der Waals surface area contributed by atoms with E-state index in [-0.39, 0.29) is 0 Å². The minimum absolute atomic E-state index is 1.09. The molecule has 0 aliphatic heterocycles. The molecule has 0 unspecified atom stereocenters. The summed E-state index contributed by atoms with van der Waals surface area (Å²) in [6.45, 7) is 0. The molecule has 1 nitrogen and oxygen atoms in total. The monoisotopic (exact) mass is 563 g/mol. The fourth-order valence-electron chi connectivity index (χ4n) is 6.71. The zero-order valence-corrected chi connectivity index (χ0v) is 24.1. The van der Waals surface area contributed by atoms with Crippen molar-refractivity contribution in [3.8, 4) is 66.8 Å². The molecule has 0 atom stereocenters. The number of aromatic nitrogens is 1. The van der Waals surface area contributed by atoms with E-state index in [9.17, 15) is 0 Å². The van der Waals surface area contributed by atoms with Crippen molar-refractivity contribution in [1.29, 1.82) is 0 Å². The fraction of sp³-hybridized carbons (Fsp3) is 0. The maximum Gasteiger partial charge on any atom is 0.124 e. The van der Waals surface area contributed by atoms with Crippen LogP contribution in [0.3, 0.4) is 0 Å². The molecule has 200 valence electrons. The Morgan fingerprint density at radius 2 is 0.860 bits per heavy atom. The Balaban J connectivity index is 1.22. The maximum absolute atomic E-state index is 4.58. The first kappa shape index (κ1) is 24.3. The second kappa shape index (κ2) is 9.62. The average Bonchev–Trinajstić information content (AvgIpc) is 3.46. The van der Waals surface area contributed by atoms with Crippen molar-refractivity contribution in [3.63, 3.8) is 0 Å². The zero-order valence-electron chi connectivity index (χ0n) is 23.3. The van der Waals surface area contributed by atoms with Crippen LogP contribution in [0.5, 0.6) is 0 Å². The average molecular weight is 564 g/mol. The van der Waals surface area contributed by atoms with Crippen LogP contribution in [-0.4, -0.2) is 4.98 Å². The highest BCUT2D eigenvalue weighted by atomic mass is 32.1. The van der Waals surface area contributed by atoms with Crippen molar-refractivity contribution in [3.05, 3.63) is 152 Å². The molecule has 0 saturated heterocycles. The Morgan fingerprint density at radius 1 is 0.349 bits per heavy atom. The van der Waals surface area contributed by atoms with Gasteiger partial charge in [-0.1, -0.05) is 109 Å². The van der Waals surface area contributed by atoms with Gasteiger partial charge in [0.25, 0.3) is 0 Å². The van der Waals surface area contributed by atoms with Crippen molar-refractivity contribution in [2.75, 3.05) is 0 Å². The Morgan fingerprint density at radius 3 is 1.49 bits per heavy atom. The fourth-order valence-corrected chi connectivity index (χ4v) is 7.73. The van der Waals surface area contributed by atoms with E-state index in [0.29, 0.717) is 0 Å². The molecule has 1 aliphatic rings. The normalized spacial score (nSPS) is 11.7. The second-order valence-electron chi connectivity index (χ2n) is 11.1. The van der Waals surface area contributed by atoms with Gasteiger partial charge >= 0.3 is 0 Å².